The van der Waals surface area contributed by atoms with E-state index in [1.54, 1.807) is 49.6 Å². The first-order chi connectivity index (χ1) is 15.5. The van der Waals surface area contributed by atoms with Crippen molar-refractivity contribution in [2.24, 2.45) is 0 Å². The fourth-order valence-electron chi connectivity index (χ4n) is 3.41. The number of aryl methyl sites for hydroxylation is 1. The summed E-state index contributed by atoms with van der Waals surface area (Å²) in [6.07, 6.45) is 1.65. The van der Waals surface area contributed by atoms with Gasteiger partial charge in [0.1, 0.15) is 5.82 Å². The summed E-state index contributed by atoms with van der Waals surface area (Å²) in [6, 6.07) is 27.9. The lowest BCUT2D eigenvalue weighted by Crippen LogP contribution is -2.26. The molecular formula is C27H23N3O2. The van der Waals surface area contributed by atoms with Crippen LogP contribution in [0.2, 0.25) is 0 Å². The van der Waals surface area contributed by atoms with Crippen molar-refractivity contribution in [1.82, 2.24) is 4.98 Å². The molecule has 0 bridgehead atoms. The molecule has 0 aliphatic carbocycles. The van der Waals surface area contributed by atoms with Gasteiger partial charge in [-0.05, 0) is 60.5 Å². The number of pyridine rings is 1. The van der Waals surface area contributed by atoms with Crippen LogP contribution in [0.1, 0.15) is 26.3 Å². The van der Waals surface area contributed by atoms with Crippen LogP contribution in [0.5, 0.6) is 0 Å². The van der Waals surface area contributed by atoms with Gasteiger partial charge >= 0.3 is 0 Å². The SMILES string of the molecule is Cc1ccc(-c2ccccc2C(=O)Nc2ccc(C(=O)N(C)c3ccccn3)cc2)cc1. The van der Waals surface area contributed by atoms with E-state index in [2.05, 4.69) is 10.3 Å². The Morgan fingerprint density at radius 2 is 1.50 bits per heavy atom. The molecule has 1 aromatic heterocycles. The van der Waals surface area contributed by atoms with Crippen LogP contribution in [0.25, 0.3) is 11.1 Å². The molecule has 0 saturated carbocycles. The average Bonchev–Trinajstić information content (AvgIpc) is 2.84. The lowest BCUT2D eigenvalue weighted by atomic mass is 9.98. The first kappa shape index (κ1) is 21.0. The van der Waals surface area contributed by atoms with Crippen molar-refractivity contribution in [2.45, 2.75) is 6.92 Å². The average molecular weight is 422 g/mol. The van der Waals surface area contributed by atoms with Crippen LogP contribution < -0.4 is 10.2 Å². The monoisotopic (exact) mass is 421 g/mol. The molecule has 0 spiro atoms. The zero-order valence-corrected chi connectivity index (χ0v) is 17.9. The molecule has 0 fully saturated rings. The Morgan fingerprint density at radius 1 is 0.812 bits per heavy atom. The van der Waals surface area contributed by atoms with E-state index in [4.69, 9.17) is 0 Å². The number of hydrogen-bond acceptors (Lipinski definition) is 3. The molecule has 1 heterocycles. The van der Waals surface area contributed by atoms with Crippen molar-refractivity contribution >= 4 is 23.3 Å². The minimum Gasteiger partial charge on any atom is -0.322 e. The zero-order chi connectivity index (χ0) is 22.5. The van der Waals surface area contributed by atoms with Crippen LogP contribution in [0, 0.1) is 6.92 Å². The Bertz CT molecular complexity index is 1230. The highest BCUT2D eigenvalue weighted by Gasteiger charge is 2.16. The van der Waals surface area contributed by atoms with Gasteiger partial charge < -0.3 is 5.32 Å². The van der Waals surface area contributed by atoms with Crippen molar-refractivity contribution in [3.8, 4) is 11.1 Å². The van der Waals surface area contributed by atoms with E-state index in [-0.39, 0.29) is 11.8 Å². The summed E-state index contributed by atoms with van der Waals surface area (Å²) >= 11 is 0. The van der Waals surface area contributed by atoms with Crippen LogP contribution in [-0.2, 0) is 0 Å². The fourth-order valence-corrected chi connectivity index (χ4v) is 3.41. The van der Waals surface area contributed by atoms with Gasteiger partial charge in [0, 0.05) is 30.1 Å². The van der Waals surface area contributed by atoms with Crippen LogP contribution in [0.3, 0.4) is 0 Å². The Morgan fingerprint density at radius 3 is 2.19 bits per heavy atom. The van der Waals surface area contributed by atoms with Crippen molar-refractivity contribution in [1.29, 1.82) is 0 Å². The number of benzene rings is 3. The third-order valence-corrected chi connectivity index (χ3v) is 5.22. The molecular weight excluding hydrogens is 398 g/mol. The normalized spacial score (nSPS) is 10.4. The summed E-state index contributed by atoms with van der Waals surface area (Å²) < 4.78 is 0. The third-order valence-electron chi connectivity index (χ3n) is 5.22. The molecule has 158 valence electrons. The van der Waals surface area contributed by atoms with Gasteiger partial charge in [-0.2, -0.15) is 0 Å². The summed E-state index contributed by atoms with van der Waals surface area (Å²) in [6.45, 7) is 2.03. The summed E-state index contributed by atoms with van der Waals surface area (Å²) in [5.74, 6) is 0.194. The number of carbonyl (C=O) groups excluding carboxylic acids is 2. The molecule has 32 heavy (non-hydrogen) atoms. The number of carbonyl (C=O) groups is 2. The summed E-state index contributed by atoms with van der Waals surface area (Å²) in [7, 11) is 1.68. The highest BCUT2D eigenvalue weighted by atomic mass is 16.2. The van der Waals surface area contributed by atoms with E-state index < -0.39 is 0 Å². The van der Waals surface area contributed by atoms with E-state index in [1.165, 1.54) is 10.5 Å². The maximum absolute atomic E-state index is 13.0. The van der Waals surface area contributed by atoms with E-state index in [9.17, 15) is 9.59 Å². The van der Waals surface area contributed by atoms with Crippen molar-refractivity contribution in [3.63, 3.8) is 0 Å². The Kier molecular flexibility index (Phi) is 6.08. The van der Waals surface area contributed by atoms with Gasteiger partial charge in [-0.15, -0.1) is 0 Å². The second kappa shape index (κ2) is 9.27. The predicted molar refractivity (Wildman–Crippen MR) is 128 cm³/mol. The minimum absolute atomic E-state index is 0.175. The van der Waals surface area contributed by atoms with Gasteiger partial charge in [0.05, 0.1) is 0 Å². The highest BCUT2D eigenvalue weighted by Crippen LogP contribution is 2.25. The third kappa shape index (κ3) is 4.57. The molecule has 0 atom stereocenters. The van der Waals surface area contributed by atoms with E-state index in [0.29, 0.717) is 22.6 Å². The molecule has 0 aliphatic rings. The predicted octanol–water partition coefficient (Wildman–Crippen LogP) is 5.59. The highest BCUT2D eigenvalue weighted by molar-refractivity contribution is 6.09. The summed E-state index contributed by atoms with van der Waals surface area (Å²) in [5.41, 5.74) is 4.74. The maximum atomic E-state index is 13.0. The lowest BCUT2D eigenvalue weighted by molar-refractivity contribution is 0.0991. The molecule has 2 amide bonds. The number of anilines is 2. The molecule has 0 saturated heterocycles. The van der Waals surface area contributed by atoms with Crippen LogP contribution >= 0.6 is 0 Å². The first-order valence-corrected chi connectivity index (χ1v) is 10.3. The number of hydrogen-bond donors (Lipinski definition) is 1. The van der Waals surface area contributed by atoms with E-state index in [0.717, 1.165) is 11.1 Å². The molecule has 0 radical (unpaired) electrons. The van der Waals surface area contributed by atoms with Gasteiger partial charge in [-0.25, -0.2) is 4.98 Å². The lowest BCUT2D eigenvalue weighted by Gasteiger charge is -2.16. The molecule has 3 aromatic carbocycles. The number of aromatic nitrogens is 1. The molecule has 4 aromatic rings. The summed E-state index contributed by atoms with van der Waals surface area (Å²) in [5, 5.41) is 2.93. The first-order valence-electron chi connectivity index (χ1n) is 10.3. The second-order valence-corrected chi connectivity index (χ2v) is 7.50. The minimum atomic E-state index is -0.203. The molecule has 5 heteroatoms. The number of rotatable bonds is 5. The van der Waals surface area contributed by atoms with Gasteiger partial charge in [-0.3, -0.25) is 14.5 Å². The van der Waals surface area contributed by atoms with E-state index >= 15 is 0 Å². The van der Waals surface area contributed by atoms with Gasteiger partial charge in [0.15, 0.2) is 0 Å². The van der Waals surface area contributed by atoms with Crippen LogP contribution in [0.15, 0.2) is 97.2 Å². The van der Waals surface area contributed by atoms with Gasteiger partial charge in [0.25, 0.3) is 11.8 Å². The standard InChI is InChI=1S/C27H23N3O2/c1-19-10-12-20(13-11-19)23-7-3-4-8-24(23)26(31)29-22-16-14-21(15-17-22)27(32)30(2)25-9-5-6-18-28-25/h3-18H,1-2H3,(H,29,31). The number of amides is 2. The van der Waals surface area contributed by atoms with Crippen molar-refractivity contribution < 1.29 is 9.59 Å². The van der Waals surface area contributed by atoms with Crippen LogP contribution in [-0.4, -0.2) is 23.8 Å². The molecule has 5 nitrogen and oxygen atoms in total. The Balaban J connectivity index is 1.50. The van der Waals surface area contributed by atoms with Crippen molar-refractivity contribution in [3.05, 3.63) is 114 Å². The summed E-state index contributed by atoms with van der Waals surface area (Å²) in [4.78, 5) is 31.4. The quantitative estimate of drug-likeness (QED) is 0.457. The van der Waals surface area contributed by atoms with Crippen molar-refractivity contribution in [2.75, 3.05) is 17.3 Å². The largest absolute Gasteiger partial charge is 0.322 e. The number of nitrogens with one attached hydrogen (secondary N) is 1. The van der Waals surface area contributed by atoms with Crippen LogP contribution in [0.4, 0.5) is 11.5 Å². The zero-order valence-electron chi connectivity index (χ0n) is 17.9. The molecule has 0 unspecified atom stereocenters. The Hall–Kier alpha value is -4.25. The van der Waals surface area contributed by atoms with E-state index in [1.807, 2.05) is 61.5 Å². The molecule has 1 N–H and O–H groups in total. The Labute approximate surface area is 187 Å². The fraction of sp³-hybridized carbons (Fsp3) is 0.0741. The van der Waals surface area contributed by atoms with Gasteiger partial charge in [-0.1, -0.05) is 54.1 Å². The second-order valence-electron chi connectivity index (χ2n) is 7.50. The van der Waals surface area contributed by atoms with Gasteiger partial charge in [0.2, 0.25) is 0 Å². The molecule has 0 aliphatic heterocycles. The molecule has 4 rings (SSSR count). The number of nitrogens with zero attached hydrogens (tertiary/aromatic N) is 2. The maximum Gasteiger partial charge on any atom is 0.259 e. The topological polar surface area (TPSA) is 62.3 Å². The smallest absolute Gasteiger partial charge is 0.259 e.